The van der Waals surface area contributed by atoms with E-state index in [2.05, 4.69) is 54.3 Å². The van der Waals surface area contributed by atoms with Gasteiger partial charge in [-0.15, -0.1) is 0 Å². The van der Waals surface area contributed by atoms with Crippen molar-refractivity contribution in [3.63, 3.8) is 0 Å². The maximum Gasteiger partial charge on any atom is 0.192 e. The van der Waals surface area contributed by atoms with Gasteiger partial charge >= 0.3 is 0 Å². The summed E-state index contributed by atoms with van der Waals surface area (Å²) in [5.74, 6) is 0. The van der Waals surface area contributed by atoms with E-state index in [0.717, 1.165) is 6.42 Å². The minimum atomic E-state index is -1.64. The molecule has 0 aromatic heterocycles. The molecule has 0 heterocycles. The van der Waals surface area contributed by atoms with E-state index in [1.807, 2.05) is 0 Å². The molecular weight excluding hydrogens is 212 g/mol. The quantitative estimate of drug-likeness (QED) is 0.463. The highest BCUT2D eigenvalue weighted by molar-refractivity contribution is 6.74. The molecule has 0 aliphatic rings. The summed E-state index contributed by atoms with van der Waals surface area (Å²) in [6.45, 7) is 19.9. The van der Waals surface area contributed by atoms with E-state index in [0.29, 0.717) is 0 Å². The monoisotopic (exact) mass is 242 g/mol. The minimum absolute atomic E-state index is 0.265. The van der Waals surface area contributed by atoms with E-state index < -0.39 is 8.32 Å². The molecule has 0 rings (SSSR count). The van der Waals surface area contributed by atoms with Crippen LogP contribution in [0.2, 0.25) is 18.1 Å². The summed E-state index contributed by atoms with van der Waals surface area (Å²) < 4.78 is 6.41. The molecule has 96 valence electrons. The van der Waals surface area contributed by atoms with Crippen LogP contribution in [0, 0.1) is 0 Å². The van der Waals surface area contributed by atoms with E-state index >= 15 is 0 Å². The van der Waals surface area contributed by atoms with Crippen LogP contribution >= 0.6 is 0 Å². The van der Waals surface area contributed by atoms with Crippen molar-refractivity contribution in [1.82, 2.24) is 0 Å². The molecule has 0 saturated carbocycles. The fourth-order valence-corrected chi connectivity index (χ4v) is 2.71. The normalized spacial score (nSPS) is 14.9. The van der Waals surface area contributed by atoms with Crippen molar-refractivity contribution in [1.29, 1.82) is 0 Å². The largest absolute Gasteiger partial charge is 0.410 e. The molecule has 0 radical (unpaired) electrons. The van der Waals surface area contributed by atoms with Crippen LogP contribution in [-0.4, -0.2) is 14.4 Å². The smallest absolute Gasteiger partial charge is 0.192 e. The van der Waals surface area contributed by atoms with Crippen molar-refractivity contribution in [2.24, 2.45) is 0 Å². The van der Waals surface area contributed by atoms with Crippen LogP contribution in [0.15, 0.2) is 12.2 Å². The number of hydrogen-bond acceptors (Lipinski definition) is 1. The van der Waals surface area contributed by atoms with Crippen molar-refractivity contribution in [3.05, 3.63) is 12.2 Å². The summed E-state index contributed by atoms with van der Waals surface area (Å²) in [6.07, 6.45) is 3.84. The predicted octanol–water partition coefficient (Wildman–Crippen LogP) is 5.14. The van der Waals surface area contributed by atoms with E-state index in [-0.39, 0.29) is 11.1 Å². The highest BCUT2D eigenvalue weighted by Crippen LogP contribution is 2.38. The Morgan fingerprint density at radius 1 is 1.31 bits per heavy atom. The zero-order valence-corrected chi connectivity index (χ0v) is 13.3. The van der Waals surface area contributed by atoms with Gasteiger partial charge in [-0.2, -0.15) is 0 Å². The van der Waals surface area contributed by atoms with E-state index in [1.165, 1.54) is 18.4 Å². The van der Waals surface area contributed by atoms with Crippen LogP contribution in [0.4, 0.5) is 0 Å². The van der Waals surface area contributed by atoms with E-state index in [1.54, 1.807) is 0 Å². The zero-order valence-electron chi connectivity index (χ0n) is 12.3. The average molecular weight is 242 g/mol. The predicted molar refractivity (Wildman–Crippen MR) is 76.4 cm³/mol. The maximum atomic E-state index is 6.41. The molecule has 0 bridgehead atoms. The lowest BCUT2D eigenvalue weighted by molar-refractivity contribution is 0.201. The molecule has 1 unspecified atom stereocenters. The summed E-state index contributed by atoms with van der Waals surface area (Å²) >= 11 is 0. The molecule has 0 aromatic rings. The fraction of sp³-hybridized carbons (Fsp3) is 0.857. The van der Waals surface area contributed by atoms with Gasteiger partial charge in [-0.25, -0.2) is 0 Å². The molecule has 16 heavy (non-hydrogen) atoms. The lowest BCUT2D eigenvalue weighted by atomic mass is 10.1. The Bertz CT molecular complexity index is 225. The van der Waals surface area contributed by atoms with Gasteiger partial charge < -0.3 is 4.43 Å². The van der Waals surface area contributed by atoms with Gasteiger partial charge in [-0.3, -0.25) is 0 Å². The van der Waals surface area contributed by atoms with Crippen LogP contribution < -0.4 is 0 Å². The summed E-state index contributed by atoms with van der Waals surface area (Å²) in [5.41, 5.74) is 1.18. The van der Waals surface area contributed by atoms with Crippen LogP contribution in [0.1, 0.15) is 53.9 Å². The second-order valence-corrected chi connectivity index (χ2v) is 11.1. The zero-order chi connectivity index (χ0) is 13.0. The highest BCUT2D eigenvalue weighted by Gasteiger charge is 2.39. The highest BCUT2D eigenvalue weighted by atomic mass is 28.4. The molecule has 2 heteroatoms. The molecule has 0 aromatic carbocycles. The van der Waals surface area contributed by atoms with Gasteiger partial charge in [-0.05, 0) is 31.5 Å². The summed E-state index contributed by atoms with van der Waals surface area (Å²) in [4.78, 5) is 0. The Labute approximate surface area is 103 Å². The molecule has 1 nitrogen and oxygen atoms in total. The Morgan fingerprint density at radius 3 is 2.12 bits per heavy atom. The molecule has 0 amide bonds. The minimum Gasteiger partial charge on any atom is -0.410 e. The molecule has 0 fully saturated rings. The first-order valence-corrected chi connectivity index (χ1v) is 9.36. The van der Waals surface area contributed by atoms with Crippen molar-refractivity contribution in [2.75, 3.05) is 0 Å². The number of rotatable bonds is 6. The first kappa shape index (κ1) is 15.9. The summed E-state index contributed by atoms with van der Waals surface area (Å²) in [6, 6.07) is 0. The van der Waals surface area contributed by atoms with E-state index in [9.17, 15) is 0 Å². The maximum absolute atomic E-state index is 6.41. The third-order valence-corrected chi connectivity index (χ3v) is 8.10. The Kier molecular flexibility index (Phi) is 5.98. The van der Waals surface area contributed by atoms with Gasteiger partial charge in [0.25, 0.3) is 0 Å². The van der Waals surface area contributed by atoms with Crippen molar-refractivity contribution in [2.45, 2.75) is 78.1 Å². The van der Waals surface area contributed by atoms with Crippen LogP contribution in [0.25, 0.3) is 0 Å². The van der Waals surface area contributed by atoms with Crippen molar-refractivity contribution < 1.29 is 4.43 Å². The molecule has 1 atom stereocenters. The Hall–Kier alpha value is -0.0831. The first-order chi connectivity index (χ1) is 7.12. The van der Waals surface area contributed by atoms with Gasteiger partial charge in [0.05, 0.1) is 6.10 Å². The summed E-state index contributed by atoms with van der Waals surface area (Å²) in [5, 5.41) is 0.285. The second-order valence-electron chi connectivity index (χ2n) is 6.36. The van der Waals surface area contributed by atoms with Crippen LogP contribution in [-0.2, 0) is 4.43 Å². The van der Waals surface area contributed by atoms with Gasteiger partial charge in [0.1, 0.15) is 0 Å². The molecular formula is C14H30OSi. The molecule has 0 aliphatic carbocycles. The first-order valence-electron chi connectivity index (χ1n) is 6.45. The lowest BCUT2D eigenvalue weighted by Crippen LogP contribution is -2.44. The van der Waals surface area contributed by atoms with Gasteiger partial charge in [0, 0.05) is 0 Å². The van der Waals surface area contributed by atoms with Crippen molar-refractivity contribution >= 4 is 8.32 Å². The third kappa shape index (κ3) is 4.83. The summed E-state index contributed by atoms with van der Waals surface area (Å²) in [7, 11) is -1.64. The average Bonchev–Trinajstić information content (AvgIpc) is 2.09. The molecule has 0 saturated heterocycles. The SMILES string of the molecule is C=C(C)C(CCCC)O[Si](C)(C)C(C)(C)C. The van der Waals surface area contributed by atoms with Gasteiger partial charge in [-0.1, -0.05) is 52.7 Å². The Balaban J connectivity index is 4.56. The molecule has 0 spiro atoms. The van der Waals surface area contributed by atoms with Gasteiger partial charge in [0.15, 0.2) is 8.32 Å². The van der Waals surface area contributed by atoms with Crippen molar-refractivity contribution in [3.8, 4) is 0 Å². The standard InChI is InChI=1S/C14H30OSi/c1-9-10-11-13(12(2)3)15-16(7,8)14(4,5)6/h13H,2,9-11H2,1,3-8H3. The Morgan fingerprint density at radius 2 is 1.81 bits per heavy atom. The van der Waals surface area contributed by atoms with Crippen LogP contribution in [0.3, 0.4) is 0 Å². The second kappa shape index (κ2) is 6.01. The topological polar surface area (TPSA) is 9.23 Å². The van der Waals surface area contributed by atoms with Crippen LogP contribution in [0.5, 0.6) is 0 Å². The van der Waals surface area contributed by atoms with Gasteiger partial charge in [0.2, 0.25) is 0 Å². The molecule has 0 aliphatic heterocycles. The molecule has 0 N–H and O–H groups in total. The lowest BCUT2D eigenvalue weighted by Gasteiger charge is -2.39. The third-order valence-electron chi connectivity index (χ3n) is 3.61. The number of unbranched alkanes of at least 4 members (excludes halogenated alkanes) is 1. The fourth-order valence-electron chi connectivity index (χ4n) is 1.33. The number of hydrogen-bond donors (Lipinski definition) is 0. The van der Waals surface area contributed by atoms with E-state index in [4.69, 9.17) is 4.43 Å².